The number of hydrogen-bond donors (Lipinski definition) is 1. The molecule has 1 saturated heterocycles. The second kappa shape index (κ2) is 9.21. The SMILES string of the molecule is CC(C)NC(=O)[C@]1(Cc2ccccc2-c2ccncc2)CCCN(C(=O)C2CCC2)C1. The molecule has 1 aromatic heterocycles. The van der Waals surface area contributed by atoms with E-state index >= 15 is 0 Å². The standard InChI is InChI=1S/C26H33N3O2/c1-19(2)28-25(31)26(13-6-16-29(18-26)24(30)21-8-5-9-21)17-22-7-3-4-10-23(22)20-11-14-27-15-12-20/h3-4,7,10-12,14-15,19,21H,5-6,8-9,13,16-18H2,1-2H3,(H,28,31)/t26-/m0/s1. The average Bonchev–Trinajstić information content (AvgIpc) is 2.73. The van der Waals surface area contributed by atoms with Gasteiger partial charge in [0, 0.05) is 37.4 Å². The van der Waals surface area contributed by atoms with Crippen molar-refractivity contribution in [3.8, 4) is 11.1 Å². The number of benzene rings is 1. The zero-order valence-electron chi connectivity index (χ0n) is 18.6. The van der Waals surface area contributed by atoms with Crippen LogP contribution >= 0.6 is 0 Å². The lowest BCUT2D eigenvalue weighted by molar-refractivity contribution is -0.146. The number of carbonyl (C=O) groups is 2. The molecule has 2 fully saturated rings. The van der Waals surface area contributed by atoms with E-state index in [1.54, 1.807) is 12.4 Å². The number of nitrogens with one attached hydrogen (secondary N) is 1. The Kier molecular flexibility index (Phi) is 6.40. The zero-order chi connectivity index (χ0) is 21.8. The fraction of sp³-hybridized carbons (Fsp3) is 0.500. The van der Waals surface area contributed by atoms with Crippen LogP contribution in [0.2, 0.25) is 0 Å². The maximum atomic E-state index is 13.5. The molecule has 1 atom stereocenters. The summed E-state index contributed by atoms with van der Waals surface area (Å²) in [4.78, 5) is 32.7. The molecule has 1 aromatic carbocycles. The van der Waals surface area contributed by atoms with Gasteiger partial charge in [-0.05, 0) is 74.8 Å². The van der Waals surface area contributed by atoms with Gasteiger partial charge in [-0.2, -0.15) is 0 Å². The third-order valence-electron chi connectivity index (χ3n) is 6.78. The molecule has 0 radical (unpaired) electrons. The summed E-state index contributed by atoms with van der Waals surface area (Å²) in [6, 6.07) is 12.4. The summed E-state index contributed by atoms with van der Waals surface area (Å²) in [5, 5.41) is 3.16. The molecule has 2 aliphatic rings. The van der Waals surface area contributed by atoms with Crippen LogP contribution in [0, 0.1) is 11.3 Å². The van der Waals surface area contributed by atoms with Crippen LogP contribution in [-0.2, 0) is 16.0 Å². The van der Waals surface area contributed by atoms with Crippen LogP contribution in [0.5, 0.6) is 0 Å². The largest absolute Gasteiger partial charge is 0.353 e. The molecule has 2 amide bonds. The molecule has 0 unspecified atom stereocenters. The Labute approximate surface area is 185 Å². The van der Waals surface area contributed by atoms with E-state index in [1.165, 1.54) is 0 Å². The van der Waals surface area contributed by atoms with Gasteiger partial charge in [-0.3, -0.25) is 14.6 Å². The summed E-state index contributed by atoms with van der Waals surface area (Å²) in [5.41, 5.74) is 2.77. The first-order chi connectivity index (χ1) is 15.0. The van der Waals surface area contributed by atoms with Crippen molar-refractivity contribution < 1.29 is 9.59 Å². The van der Waals surface area contributed by atoms with Crippen molar-refractivity contribution in [2.75, 3.05) is 13.1 Å². The molecule has 5 nitrogen and oxygen atoms in total. The second-order valence-electron chi connectivity index (χ2n) is 9.47. The molecule has 1 aliphatic carbocycles. The normalized spacial score (nSPS) is 21.6. The predicted octanol–water partition coefficient (Wildman–Crippen LogP) is 4.22. The highest BCUT2D eigenvalue weighted by atomic mass is 16.2. The first kappa shape index (κ1) is 21.5. The summed E-state index contributed by atoms with van der Waals surface area (Å²) in [6.45, 7) is 5.26. The topological polar surface area (TPSA) is 62.3 Å². The van der Waals surface area contributed by atoms with E-state index in [1.807, 2.05) is 43.0 Å². The minimum absolute atomic E-state index is 0.0672. The second-order valence-corrected chi connectivity index (χ2v) is 9.47. The lowest BCUT2D eigenvalue weighted by Crippen LogP contribution is -2.56. The number of carbonyl (C=O) groups excluding carboxylic acids is 2. The number of aromatic nitrogens is 1. The van der Waals surface area contributed by atoms with Gasteiger partial charge in [0.05, 0.1) is 5.41 Å². The summed E-state index contributed by atoms with van der Waals surface area (Å²) in [5.74, 6) is 0.473. The quantitative estimate of drug-likeness (QED) is 0.762. The van der Waals surface area contributed by atoms with Crippen molar-refractivity contribution in [3.05, 3.63) is 54.4 Å². The molecular formula is C26H33N3O2. The lowest BCUT2D eigenvalue weighted by atomic mass is 9.72. The lowest BCUT2D eigenvalue weighted by Gasteiger charge is -2.44. The van der Waals surface area contributed by atoms with E-state index in [9.17, 15) is 9.59 Å². The van der Waals surface area contributed by atoms with Gasteiger partial charge in [0.15, 0.2) is 0 Å². The molecule has 2 aromatic rings. The number of likely N-dealkylation sites (tertiary alicyclic amines) is 1. The van der Waals surface area contributed by atoms with Gasteiger partial charge in [-0.25, -0.2) is 0 Å². The van der Waals surface area contributed by atoms with Crippen molar-refractivity contribution in [3.63, 3.8) is 0 Å². The molecule has 0 spiro atoms. The highest BCUT2D eigenvalue weighted by Crippen LogP contribution is 2.39. The first-order valence-electron chi connectivity index (χ1n) is 11.6. The van der Waals surface area contributed by atoms with Gasteiger partial charge >= 0.3 is 0 Å². The minimum atomic E-state index is -0.606. The van der Waals surface area contributed by atoms with Crippen LogP contribution in [0.4, 0.5) is 0 Å². The van der Waals surface area contributed by atoms with Crippen LogP contribution in [0.25, 0.3) is 11.1 Å². The highest BCUT2D eigenvalue weighted by Gasteiger charge is 2.45. The summed E-state index contributed by atoms with van der Waals surface area (Å²) < 4.78 is 0. The molecule has 5 heteroatoms. The predicted molar refractivity (Wildman–Crippen MR) is 122 cm³/mol. The van der Waals surface area contributed by atoms with Crippen LogP contribution in [0.3, 0.4) is 0 Å². The van der Waals surface area contributed by atoms with Crippen LogP contribution < -0.4 is 5.32 Å². The van der Waals surface area contributed by atoms with Gasteiger partial charge in [0.1, 0.15) is 0 Å². The molecular weight excluding hydrogens is 386 g/mol. The van der Waals surface area contributed by atoms with Crippen molar-refractivity contribution in [1.82, 2.24) is 15.2 Å². The summed E-state index contributed by atoms with van der Waals surface area (Å²) in [6.07, 6.45) is 9.00. The van der Waals surface area contributed by atoms with E-state index in [2.05, 4.69) is 22.4 Å². The summed E-state index contributed by atoms with van der Waals surface area (Å²) in [7, 11) is 0. The van der Waals surface area contributed by atoms with E-state index in [0.29, 0.717) is 13.0 Å². The minimum Gasteiger partial charge on any atom is -0.353 e. The van der Waals surface area contributed by atoms with Crippen LogP contribution in [0.1, 0.15) is 51.5 Å². The van der Waals surface area contributed by atoms with Gasteiger partial charge in [0.2, 0.25) is 11.8 Å². The molecule has 31 heavy (non-hydrogen) atoms. The van der Waals surface area contributed by atoms with Gasteiger partial charge in [-0.15, -0.1) is 0 Å². The Balaban J connectivity index is 1.66. The highest BCUT2D eigenvalue weighted by molar-refractivity contribution is 5.86. The number of hydrogen-bond acceptors (Lipinski definition) is 3. The molecule has 164 valence electrons. The Hall–Kier alpha value is -2.69. The zero-order valence-corrected chi connectivity index (χ0v) is 18.6. The number of rotatable bonds is 6. The van der Waals surface area contributed by atoms with E-state index in [0.717, 1.165) is 55.3 Å². The molecule has 1 aliphatic heterocycles. The average molecular weight is 420 g/mol. The van der Waals surface area contributed by atoms with Gasteiger partial charge in [0.25, 0.3) is 0 Å². The van der Waals surface area contributed by atoms with E-state index in [4.69, 9.17) is 0 Å². The molecule has 1 N–H and O–H groups in total. The molecule has 4 rings (SSSR count). The van der Waals surface area contributed by atoms with Crippen molar-refractivity contribution in [2.45, 2.75) is 58.4 Å². The molecule has 2 heterocycles. The number of amides is 2. The van der Waals surface area contributed by atoms with Crippen LogP contribution in [0.15, 0.2) is 48.8 Å². The van der Waals surface area contributed by atoms with Crippen molar-refractivity contribution in [1.29, 1.82) is 0 Å². The Bertz CT molecular complexity index is 923. The Morgan fingerprint density at radius 3 is 2.55 bits per heavy atom. The number of piperidine rings is 1. The Morgan fingerprint density at radius 2 is 1.87 bits per heavy atom. The van der Waals surface area contributed by atoms with Crippen LogP contribution in [-0.4, -0.2) is 40.8 Å². The smallest absolute Gasteiger partial charge is 0.228 e. The van der Waals surface area contributed by atoms with E-state index in [-0.39, 0.29) is 23.8 Å². The number of nitrogens with zero attached hydrogens (tertiary/aromatic N) is 2. The van der Waals surface area contributed by atoms with Crippen molar-refractivity contribution >= 4 is 11.8 Å². The fourth-order valence-corrected chi connectivity index (χ4v) is 4.91. The molecule has 1 saturated carbocycles. The van der Waals surface area contributed by atoms with E-state index < -0.39 is 5.41 Å². The monoisotopic (exact) mass is 419 g/mol. The first-order valence-corrected chi connectivity index (χ1v) is 11.6. The summed E-state index contributed by atoms with van der Waals surface area (Å²) >= 11 is 0. The van der Waals surface area contributed by atoms with Gasteiger partial charge < -0.3 is 10.2 Å². The number of pyridine rings is 1. The van der Waals surface area contributed by atoms with Crippen molar-refractivity contribution in [2.24, 2.45) is 11.3 Å². The maximum Gasteiger partial charge on any atom is 0.228 e. The van der Waals surface area contributed by atoms with Gasteiger partial charge in [-0.1, -0.05) is 30.7 Å². The Morgan fingerprint density at radius 1 is 1.13 bits per heavy atom. The fourth-order valence-electron chi connectivity index (χ4n) is 4.91. The molecule has 0 bridgehead atoms. The third-order valence-corrected chi connectivity index (χ3v) is 6.78. The maximum absolute atomic E-state index is 13.5. The third kappa shape index (κ3) is 4.65.